The number of halogens is 4. The Hall–Kier alpha value is -1.35. The third-order valence-corrected chi connectivity index (χ3v) is 4.77. The molecular formula is C18H24ClF3N2O3. The zero-order valence-corrected chi connectivity index (χ0v) is 15.9. The second-order valence-electron chi connectivity index (χ2n) is 6.35. The van der Waals surface area contributed by atoms with E-state index in [0.29, 0.717) is 49.7 Å². The molecule has 1 aromatic carbocycles. The van der Waals surface area contributed by atoms with Crippen molar-refractivity contribution in [1.82, 2.24) is 9.80 Å². The van der Waals surface area contributed by atoms with Gasteiger partial charge in [-0.05, 0) is 18.1 Å². The van der Waals surface area contributed by atoms with E-state index in [1.54, 1.807) is 12.1 Å². The van der Waals surface area contributed by atoms with Gasteiger partial charge in [-0.2, -0.15) is 13.2 Å². The highest BCUT2D eigenvalue weighted by Crippen LogP contribution is 2.29. The molecule has 2 rings (SSSR count). The summed E-state index contributed by atoms with van der Waals surface area (Å²) in [5, 5.41) is 0.511. The molecule has 0 saturated carbocycles. The van der Waals surface area contributed by atoms with Gasteiger partial charge >= 0.3 is 12.1 Å². The first-order valence-corrected chi connectivity index (χ1v) is 9.13. The van der Waals surface area contributed by atoms with E-state index in [0.717, 1.165) is 0 Å². The summed E-state index contributed by atoms with van der Waals surface area (Å²) < 4.78 is 45.7. The van der Waals surface area contributed by atoms with E-state index in [-0.39, 0.29) is 12.6 Å². The maximum absolute atomic E-state index is 12.3. The lowest BCUT2D eigenvalue weighted by Crippen LogP contribution is -2.49. The molecule has 0 bridgehead atoms. The predicted octanol–water partition coefficient (Wildman–Crippen LogP) is 3.14. The van der Waals surface area contributed by atoms with Crippen LogP contribution in [0.2, 0.25) is 5.02 Å². The van der Waals surface area contributed by atoms with Crippen molar-refractivity contribution >= 4 is 17.6 Å². The molecule has 152 valence electrons. The Morgan fingerprint density at radius 3 is 2.48 bits per heavy atom. The Morgan fingerprint density at radius 2 is 1.89 bits per heavy atom. The van der Waals surface area contributed by atoms with Gasteiger partial charge in [-0.15, -0.1) is 0 Å². The number of rotatable bonds is 8. The van der Waals surface area contributed by atoms with Crippen molar-refractivity contribution < 1.29 is 27.4 Å². The molecule has 0 aliphatic carbocycles. The fourth-order valence-electron chi connectivity index (χ4n) is 3.10. The van der Waals surface area contributed by atoms with Crippen LogP contribution >= 0.6 is 11.6 Å². The second kappa shape index (κ2) is 10.3. The summed E-state index contributed by atoms with van der Waals surface area (Å²) in [6.45, 7) is 2.20. The van der Waals surface area contributed by atoms with Gasteiger partial charge in [0.15, 0.2) is 0 Å². The van der Waals surface area contributed by atoms with Crippen LogP contribution in [0.25, 0.3) is 0 Å². The van der Waals surface area contributed by atoms with Gasteiger partial charge in [0.05, 0.1) is 7.11 Å². The van der Waals surface area contributed by atoms with E-state index in [2.05, 4.69) is 9.64 Å². The van der Waals surface area contributed by atoms with E-state index in [1.807, 2.05) is 17.0 Å². The van der Waals surface area contributed by atoms with E-state index in [4.69, 9.17) is 16.3 Å². The Labute approximate surface area is 162 Å². The quantitative estimate of drug-likeness (QED) is 0.488. The second-order valence-corrected chi connectivity index (χ2v) is 6.75. The zero-order valence-electron chi connectivity index (χ0n) is 15.2. The summed E-state index contributed by atoms with van der Waals surface area (Å²) in [7, 11) is 1.35. The van der Waals surface area contributed by atoms with Crippen LogP contribution in [-0.4, -0.2) is 75.0 Å². The number of methoxy groups -OCH3 is 1. The molecule has 0 radical (unpaired) electrons. The maximum Gasteiger partial charge on any atom is 0.411 e. The van der Waals surface area contributed by atoms with Gasteiger partial charge in [0.1, 0.15) is 12.6 Å². The molecule has 1 saturated heterocycles. The molecule has 1 atom stereocenters. The Kier molecular flexibility index (Phi) is 8.34. The number of nitrogens with zero attached hydrogens (tertiary/aromatic N) is 2. The van der Waals surface area contributed by atoms with Gasteiger partial charge in [0.2, 0.25) is 0 Å². The largest absolute Gasteiger partial charge is 0.468 e. The fourth-order valence-corrected chi connectivity index (χ4v) is 3.34. The van der Waals surface area contributed by atoms with Crippen molar-refractivity contribution in [1.29, 1.82) is 0 Å². The molecule has 0 aromatic heterocycles. The first-order valence-electron chi connectivity index (χ1n) is 8.75. The van der Waals surface area contributed by atoms with Gasteiger partial charge in [-0.3, -0.25) is 4.90 Å². The molecule has 0 amide bonds. The number of ether oxygens (including phenoxy) is 2. The van der Waals surface area contributed by atoms with Crippen LogP contribution in [0.15, 0.2) is 24.3 Å². The van der Waals surface area contributed by atoms with Crippen LogP contribution in [-0.2, 0) is 14.3 Å². The van der Waals surface area contributed by atoms with Crippen molar-refractivity contribution in [3.8, 4) is 0 Å². The Bertz CT molecular complexity index is 608. The van der Waals surface area contributed by atoms with Crippen LogP contribution in [0, 0.1) is 0 Å². The fraction of sp³-hybridized carbons (Fsp3) is 0.611. The lowest BCUT2D eigenvalue weighted by molar-refractivity contribution is -0.174. The zero-order chi connectivity index (χ0) is 19.9. The molecule has 0 spiro atoms. The van der Waals surface area contributed by atoms with E-state index < -0.39 is 18.8 Å². The summed E-state index contributed by atoms with van der Waals surface area (Å²) in [5.74, 6) is -0.364. The lowest BCUT2D eigenvalue weighted by Gasteiger charge is -2.38. The number of piperazine rings is 1. The highest BCUT2D eigenvalue weighted by Gasteiger charge is 2.32. The van der Waals surface area contributed by atoms with Crippen LogP contribution in [0.4, 0.5) is 13.2 Å². The van der Waals surface area contributed by atoms with Gasteiger partial charge in [0, 0.05) is 44.4 Å². The average Bonchev–Trinajstić information content (AvgIpc) is 2.63. The monoisotopic (exact) mass is 408 g/mol. The molecule has 27 heavy (non-hydrogen) atoms. The van der Waals surface area contributed by atoms with Crippen molar-refractivity contribution in [3.05, 3.63) is 34.9 Å². The minimum absolute atomic E-state index is 0.0735. The van der Waals surface area contributed by atoms with Crippen LogP contribution in [0.3, 0.4) is 0 Å². The SMILES string of the molecule is COC(=O)C(c1ccccc1Cl)N1CCN(CCCOCC(F)(F)F)CC1. The maximum atomic E-state index is 12.3. The number of benzene rings is 1. The highest BCUT2D eigenvalue weighted by atomic mass is 35.5. The molecule has 1 aromatic rings. The predicted molar refractivity (Wildman–Crippen MR) is 95.7 cm³/mol. The summed E-state index contributed by atoms with van der Waals surface area (Å²) in [6.07, 6.45) is -3.76. The van der Waals surface area contributed by atoms with E-state index in [1.165, 1.54) is 7.11 Å². The topological polar surface area (TPSA) is 42.0 Å². The third kappa shape index (κ3) is 6.95. The van der Waals surface area contributed by atoms with Gasteiger partial charge in [0.25, 0.3) is 0 Å². The number of hydrogen-bond donors (Lipinski definition) is 0. The molecule has 1 fully saturated rings. The minimum Gasteiger partial charge on any atom is -0.468 e. The minimum atomic E-state index is -4.28. The highest BCUT2D eigenvalue weighted by molar-refractivity contribution is 6.31. The van der Waals surface area contributed by atoms with Crippen LogP contribution in [0.5, 0.6) is 0 Å². The number of carbonyl (C=O) groups is 1. The first kappa shape index (κ1) is 21.9. The summed E-state index contributed by atoms with van der Waals surface area (Å²) in [4.78, 5) is 16.5. The molecule has 1 aliphatic heterocycles. The summed E-state index contributed by atoms with van der Waals surface area (Å²) in [5.41, 5.74) is 0.708. The first-order chi connectivity index (χ1) is 12.8. The molecule has 9 heteroatoms. The average molecular weight is 409 g/mol. The van der Waals surface area contributed by atoms with Gasteiger partial charge in [-0.25, -0.2) is 4.79 Å². The third-order valence-electron chi connectivity index (χ3n) is 4.43. The molecule has 5 nitrogen and oxygen atoms in total. The molecule has 1 heterocycles. The van der Waals surface area contributed by atoms with Gasteiger partial charge < -0.3 is 14.4 Å². The number of alkyl halides is 3. The van der Waals surface area contributed by atoms with Crippen molar-refractivity contribution in [3.63, 3.8) is 0 Å². The lowest BCUT2D eigenvalue weighted by atomic mass is 10.0. The van der Waals surface area contributed by atoms with Crippen LogP contribution in [0.1, 0.15) is 18.0 Å². The Morgan fingerprint density at radius 1 is 1.22 bits per heavy atom. The normalized spacial score (nSPS) is 17.7. The molecule has 0 N–H and O–H groups in total. The van der Waals surface area contributed by atoms with Gasteiger partial charge in [-0.1, -0.05) is 29.8 Å². The smallest absolute Gasteiger partial charge is 0.411 e. The molecule has 1 aliphatic rings. The van der Waals surface area contributed by atoms with Crippen molar-refractivity contribution in [2.45, 2.75) is 18.6 Å². The Balaban J connectivity index is 1.83. The molecule has 1 unspecified atom stereocenters. The number of carbonyl (C=O) groups excluding carboxylic acids is 1. The number of hydrogen-bond acceptors (Lipinski definition) is 5. The summed E-state index contributed by atoms with van der Waals surface area (Å²) in [6, 6.07) is 6.62. The molecular weight excluding hydrogens is 385 g/mol. The standard InChI is InChI=1S/C18H24ClF3N2O3/c1-26-17(25)16(14-5-2-3-6-15(14)19)24-10-8-23(9-11-24)7-4-12-27-13-18(20,21)22/h2-3,5-6,16H,4,7-13H2,1H3. The van der Waals surface area contributed by atoms with E-state index >= 15 is 0 Å². The van der Waals surface area contributed by atoms with Crippen LogP contribution < -0.4 is 0 Å². The van der Waals surface area contributed by atoms with E-state index in [9.17, 15) is 18.0 Å². The van der Waals surface area contributed by atoms with Crippen molar-refractivity contribution in [2.24, 2.45) is 0 Å². The number of esters is 1. The van der Waals surface area contributed by atoms with Crippen molar-refractivity contribution in [2.75, 3.05) is 53.0 Å². The summed E-state index contributed by atoms with van der Waals surface area (Å²) >= 11 is 6.26.